The molecule has 0 aromatic carbocycles. The molecule has 1 aromatic heterocycles. The van der Waals surface area contributed by atoms with Gasteiger partial charge in [-0.05, 0) is 6.42 Å². The Morgan fingerprint density at radius 3 is 2.71 bits per heavy atom. The van der Waals surface area contributed by atoms with Crippen LogP contribution in [0.2, 0.25) is 0 Å². The van der Waals surface area contributed by atoms with Crippen molar-refractivity contribution in [2.45, 2.75) is 20.0 Å². The molecule has 8 heteroatoms. The smallest absolute Gasteiger partial charge is 0.372 e. The third kappa shape index (κ3) is 3.25. The largest absolute Gasteiger partial charge is 0.473 e. The second-order valence-corrected chi connectivity index (χ2v) is 3.22. The summed E-state index contributed by atoms with van der Waals surface area (Å²) in [5.74, 6) is -0.0822. The van der Waals surface area contributed by atoms with E-state index in [0.717, 1.165) is 0 Å². The van der Waals surface area contributed by atoms with Crippen LogP contribution in [0.25, 0.3) is 0 Å². The number of rotatable bonds is 6. The van der Waals surface area contributed by atoms with E-state index in [0.29, 0.717) is 13.0 Å². The number of ether oxygens (including phenoxy) is 2. The van der Waals surface area contributed by atoms with E-state index in [1.165, 1.54) is 7.11 Å². The van der Waals surface area contributed by atoms with Crippen LogP contribution in [0, 0.1) is 10.1 Å². The van der Waals surface area contributed by atoms with Gasteiger partial charge in [-0.25, -0.2) is 4.98 Å². The van der Waals surface area contributed by atoms with Crippen molar-refractivity contribution in [1.29, 1.82) is 0 Å². The molecule has 1 heterocycles. The Morgan fingerprint density at radius 2 is 2.18 bits per heavy atom. The fraction of sp³-hybridized carbons (Fsp3) is 0.556. The molecule has 1 rings (SSSR count). The molecular formula is C9H14N4O4. The second-order valence-electron chi connectivity index (χ2n) is 3.22. The van der Waals surface area contributed by atoms with Gasteiger partial charge in [0.25, 0.3) is 5.88 Å². The van der Waals surface area contributed by atoms with Crippen molar-refractivity contribution in [3.63, 3.8) is 0 Å². The van der Waals surface area contributed by atoms with E-state index in [2.05, 4.69) is 9.97 Å². The lowest BCUT2D eigenvalue weighted by molar-refractivity contribution is -0.385. The first-order valence-electron chi connectivity index (χ1n) is 5.02. The molecule has 0 amide bonds. The lowest BCUT2D eigenvalue weighted by Gasteiger charge is -2.07. The predicted octanol–water partition coefficient (Wildman–Crippen LogP) is 0.902. The van der Waals surface area contributed by atoms with Crippen LogP contribution in [0.3, 0.4) is 0 Å². The second kappa shape index (κ2) is 5.94. The summed E-state index contributed by atoms with van der Waals surface area (Å²) in [4.78, 5) is 17.8. The molecule has 0 saturated heterocycles. The Kier molecular flexibility index (Phi) is 4.58. The molecular weight excluding hydrogens is 228 g/mol. The van der Waals surface area contributed by atoms with E-state index in [4.69, 9.17) is 15.2 Å². The molecule has 0 aliphatic heterocycles. The van der Waals surface area contributed by atoms with Gasteiger partial charge >= 0.3 is 5.69 Å². The van der Waals surface area contributed by atoms with Crippen molar-refractivity contribution in [3.8, 4) is 5.88 Å². The molecule has 0 aliphatic carbocycles. The quantitative estimate of drug-likeness (QED) is 0.582. The molecule has 0 saturated carbocycles. The van der Waals surface area contributed by atoms with Gasteiger partial charge in [-0.2, -0.15) is 4.98 Å². The molecule has 0 fully saturated rings. The summed E-state index contributed by atoms with van der Waals surface area (Å²) in [5, 5.41) is 10.8. The van der Waals surface area contributed by atoms with Crippen LogP contribution >= 0.6 is 0 Å². The average molecular weight is 242 g/mol. The minimum Gasteiger partial charge on any atom is -0.473 e. The lowest BCUT2D eigenvalue weighted by atomic mass is 10.4. The molecule has 0 bridgehead atoms. The van der Waals surface area contributed by atoms with Crippen LogP contribution in [0.4, 0.5) is 11.5 Å². The Hall–Kier alpha value is -1.96. The van der Waals surface area contributed by atoms with Crippen LogP contribution < -0.4 is 10.5 Å². The number of hydrogen-bond acceptors (Lipinski definition) is 7. The maximum absolute atomic E-state index is 10.8. The molecule has 0 unspecified atom stereocenters. The van der Waals surface area contributed by atoms with Crippen molar-refractivity contribution in [2.24, 2.45) is 0 Å². The van der Waals surface area contributed by atoms with Crippen LogP contribution in [0.5, 0.6) is 5.88 Å². The standard InChI is InChI=1S/C9H14N4O4/c1-3-4-17-9-7(13(14)15)8(10)11-6(12-9)5-16-2/h3-5H2,1-2H3,(H2,10,11,12). The Bertz CT molecular complexity index is 410. The number of aromatic nitrogens is 2. The fourth-order valence-electron chi connectivity index (χ4n) is 1.16. The van der Waals surface area contributed by atoms with Gasteiger partial charge in [0.1, 0.15) is 6.61 Å². The van der Waals surface area contributed by atoms with Crippen LogP contribution in [-0.4, -0.2) is 28.6 Å². The van der Waals surface area contributed by atoms with E-state index in [1.54, 1.807) is 0 Å². The Labute approximate surface area is 97.9 Å². The normalized spacial score (nSPS) is 10.2. The van der Waals surface area contributed by atoms with Gasteiger partial charge in [-0.1, -0.05) is 6.92 Å². The van der Waals surface area contributed by atoms with Gasteiger partial charge in [0.05, 0.1) is 11.5 Å². The van der Waals surface area contributed by atoms with Crippen molar-refractivity contribution in [3.05, 3.63) is 15.9 Å². The van der Waals surface area contributed by atoms with Crippen molar-refractivity contribution in [1.82, 2.24) is 9.97 Å². The van der Waals surface area contributed by atoms with Crippen LogP contribution in [0.1, 0.15) is 19.2 Å². The van der Waals surface area contributed by atoms with Crippen molar-refractivity contribution < 1.29 is 14.4 Å². The van der Waals surface area contributed by atoms with Gasteiger partial charge in [-0.3, -0.25) is 10.1 Å². The molecule has 8 nitrogen and oxygen atoms in total. The number of nitrogens with zero attached hydrogens (tertiary/aromatic N) is 3. The summed E-state index contributed by atoms with van der Waals surface area (Å²) in [6.07, 6.45) is 0.709. The SMILES string of the molecule is CCCOc1nc(COC)nc(N)c1[N+](=O)[O-]. The molecule has 0 aliphatic rings. The van der Waals surface area contributed by atoms with Gasteiger partial charge in [0.15, 0.2) is 5.82 Å². The highest BCUT2D eigenvalue weighted by Crippen LogP contribution is 2.29. The van der Waals surface area contributed by atoms with E-state index in [1.807, 2.05) is 6.92 Å². The van der Waals surface area contributed by atoms with E-state index in [9.17, 15) is 10.1 Å². The Morgan fingerprint density at radius 1 is 1.47 bits per heavy atom. The molecule has 0 radical (unpaired) electrons. The zero-order chi connectivity index (χ0) is 12.8. The number of anilines is 1. The summed E-state index contributed by atoms with van der Waals surface area (Å²) in [6.45, 7) is 2.32. The number of methoxy groups -OCH3 is 1. The van der Waals surface area contributed by atoms with E-state index < -0.39 is 10.6 Å². The highest BCUT2D eigenvalue weighted by molar-refractivity contribution is 5.58. The van der Waals surface area contributed by atoms with Gasteiger partial charge in [0.2, 0.25) is 5.82 Å². The number of nitro groups is 1. The van der Waals surface area contributed by atoms with E-state index in [-0.39, 0.29) is 24.1 Å². The molecule has 0 atom stereocenters. The minimum absolute atomic E-state index is 0.114. The zero-order valence-electron chi connectivity index (χ0n) is 9.67. The third-order valence-corrected chi connectivity index (χ3v) is 1.82. The van der Waals surface area contributed by atoms with Gasteiger partial charge < -0.3 is 15.2 Å². The maximum atomic E-state index is 10.8. The Balaban J connectivity index is 3.14. The molecule has 17 heavy (non-hydrogen) atoms. The van der Waals surface area contributed by atoms with Crippen molar-refractivity contribution in [2.75, 3.05) is 19.5 Å². The van der Waals surface area contributed by atoms with Gasteiger partial charge in [-0.15, -0.1) is 0 Å². The summed E-state index contributed by atoms with van der Waals surface area (Å²) in [5.41, 5.74) is 5.09. The lowest BCUT2D eigenvalue weighted by Crippen LogP contribution is -2.09. The summed E-state index contributed by atoms with van der Waals surface area (Å²) in [6, 6.07) is 0. The number of nitrogen functional groups attached to an aromatic ring is 1. The minimum atomic E-state index is -0.656. The molecule has 0 spiro atoms. The molecule has 94 valence electrons. The predicted molar refractivity (Wildman–Crippen MR) is 59.6 cm³/mol. The highest BCUT2D eigenvalue weighted by atomic mass is 16.6. The average Bonchev–Trinajstić information content (AvgIpc) is 2.25. The topological polar surface area (TPSA) is 113 Å². The summed E-state index contributed by atoms with van der Waals surface area (Å²) in [7, 11) is 1.47. The van der Waals surface area contributed by atoms with Crippen LogP contribution in [0.15, 0.2) is 0 Å². The number of nitrogens with two attached hydrogens (primary N) is 1. The summed E-state index contributed by atoms with van der Waals surface area (Å²) < 4.78 is 10.0. The zero-order valence-corrected chi connectivity index (χ0v) is 9.67. The number of hydrogen-bond donors (Lipinski definition) is 1. The van der Waals surface area contributed by atoms with Gasteiger partial charge in [0, 0.05) is 7.11 Å². The first-order valence-corrected chi connectivity index (χ1v) is 5.02. The summed E-state index contributed by atoms with van der Waals surface area (Å²) >= 11 is 0. The monoisotopic (exact) mass is 242 g/mol. The highest BCUT2D eigenvalue weighted by Gasteiger charge is 2.24. The van der Waals surface area contributed by atoms with Crippen LogP contribution in [-0.2, 0) is 11.3 Å². The first kappa shape index (κ1) is 13.1. The first-order chi connectivity index (χ1) is 8.10. The third-order valence-electron chi connectivity index (χ3n) is 1.82. The fourth-order valence-corrected chi connectivity index (χ4v) is 1.16. The van der Waals surface area contributed by atoms with E-state index >= 15 is 0 Å². The maximum Gasteiger partial charge on any atom is 0.372 e. The molecule has 2 N–H and O–H groups in total. The van der Waals surface area contributed by atoms with Crippen molar-refractivity contribution >= 4 is 11.5 Å². The molecule has 1 aromatic rings.